The van der Waals surface area contributed by atoms with Gasteiger partial charge in [-0.2, -0.15) is 12.6 Å². The molecule has 0 radical (unpaired) electrons. The minimum absolute atomic E-state index is 0.0317. The van der Waals surface area contributed by atoms with Crippen molar-refractivity contribution in [1.29, 1.82) is 0 Å². The van der Waals surface area contributed by atoms with E-state index >= 15 is 0 Å². The van der Waals surface area contributed by atoms with Crippen LogP contribution >= 0.6 is 24.6 Å². The van der Waals surface area contributed by atoms with Gasteiger partial charge in [0.05, 0.1) is 0 Å². The molecule has 0 atom stereocenters. The molecule has 0 aromatic carbocycles. The second-order valence-corrected chi connectivity index (χ2v) is 5.53. The van der Waals surface area contributed by atoms with Crippen molar-refractivity contribution >= 4 is 24.6 Å². The lowest BCUT2D eigenvalue weighted by Crippen LogP contribution is -2.11. The molecule has 0 N–H and O–H groups in total. The fourth-order valence-electron chi connectivity index (χ4n) is 0.928. The van der Waals surface area contributed by atoms with Crippen LogP contribution in [0.3, 0.4) is 0 Å². The summed E-state index contributed by atoms with van der Waals surface area (Å²) in [6, 6.07) is 5.08. The van der Waals surface area contributed by atoms with E-state index < -0.39 is 0 Å². The highest BCUT2D eigenvalue weighted by atomic mass is 32.2. The van der Waals surface area contributed by atoms with Crippen LogP contribution in [0.1, 0.15) is 41.5 Å². The molecule has 1 heterocycles. The van der Waals surface area contributed by atoms with Crippen LogP contribution in [0.15, 0.2) is 65.0 Å². The average molecular weight is 356 g/mol. The van der Waals surface area contributed by atoms with Gasteiger partial charge in [0.1, 0.15) is 0 Å². The number of aromatic nitrogens is 1. The molecule has 1 rings (SSSR count). The molecule has 0 amide bonds. The number of hydrogen-bond donors (Lipinski definition) is 1. The second-order valence-electron chi connectivity index (χ2n) is 4.49. The van der Waals surface area contributed by atoms with Gasteiger partial charge >= 0.3 is 0 Å². The molecule has 0 saturated heterocycles. The molecule has 23 heavy (non-hydrogen) atoms. The van der Waals surface area contributed by atoms with Crippen LogP contribution in [0.5, 0.6) is 0 Å². The molecule has 1 aromatic heterocycles. The van der Waals surface area contributed by atoms with Crippen molar-refractivity contribution in [2.24, 2.45) is 5.92 Å². The van der Waals surface area contributed by atoms with E-state index in [4.69, 9.17) is 0 Å². The Labute approximate surface area is 152 Å². The maximum atomic E-state index is 11.4. The van der Waals surface area contributed by atoms with Crippen molar-refractivity contribution in [3.8, 4) is 0 Å². The molecule has 132 valence electrons. The molecular weight excluding hydrogens is 322 g/mol. The van der Waals surface area contributed by atoms with E-state index in [1.54, 1.807) is 28.6 Å². The molecular formula is C19H33NOS2. The molecule has 0 unspecified atom stereocenters. The Morgan fingerprint density at radius 3 is 2.17 bits per heavy atom. The Hall–Kier alpha value is -1.13. The third kappa shape index (κ3) is 18.8. The smallest absolute Gasteiger partial charge is 0.260 e. The van der Waals surface area contributed by atoms with Gasteiger partial charge in [-0.3, -0.25) is 8.77 Å². The van der Waals surface area contributed by atoms with Crippen LogP contribution in [-0.2, 0) is 0 Å². The molecule has 2 nitrogen and oxygen atoms in total. The zero-order valence-corrected chi connectivity index (χ0v) is 17.3. The number of hydrogen-bond acceptors (Lipinski definition) is 3. The molecule has 0 aliphatic heterocycles. The Balaban J connectivity index is -0.000000426. The van der Waals surface area contributed by atoms with Gasteiger partial charge < -0.3 is 0 Å². The fraction of sp³-hybridized carbons (Fsp3) is 0.421. The molecule has 0 spiro atoms. The minimum Gasteiger partial charge on any atom is -0.268 e. The zero-order chi connectivity index (χ0) is 18.7. The summed E-state index contributed by atoms with van der Waals surface area (Å²) in [4.78, 5) is 12.3. The molecule has 0 aliphatic carbocycles. The number of allylic oxidation sites excluding steroid dienone is 4. The maximum absolute atomic E-state index is 11.4. The highest BCUT2D eigenvalue weighted by Crippen LogP contribution is 2.16. The van der Waals surface area contributed by atoms with Crippen molar-refractivity contribution in [1.82, 2.24) is 3.97 Å². The highest BCUT2D eigenvalue weighted by molar-refractivity contribution is 8.01. The van der Waals surface area contributed by atoms with E-state index in [0.717, 1.165) is 10.8 Å². The quantitative estimate of drug-likeness (QED) is 0.511. The first-order valence-electron chi connectivity index (χ1n) is 7.77. The maximum Gasteiger partial charge on any atom is 0.260 e. The fourth-order valence-corrected chi connectivity index (χ4v) is 1.65. The Kier molecular flexibility index (Phi) is 24.3. The van der Waals surface area contributed by atoms with Crippen LogP contribution in [0.2, 0.25) is 0 Å². The molecule has 0 saturated carbocycles. The first kappa shape index (κ1) is 26.8. The second kappa shape index (κ2) is 20.9. The molecule has 1 aromatic rings. The van der Waals surface area contributed by atoms with Gasteiger partial charge in [0.2, 0.25) is 0 Å². The van der Waals surface area contributed by atoms with Crippen LogP contribution in [0, 0.1) is 5.92 Å². The lowest BCUT2D eigenvalue weighted by atomic mass is 10.3. The summed E-state index contributed by atoms with van der Waals surface area (Å²) in [6.07, 6.45) is 10.9. The lowest BCUT2D eigenvalue weighted by molar-refractivity contribution is 0.737. The summed E-state index contributed by atoms with van der Waals surface area (Å²) < 4.78 is 1.57. The van der Waals surface area contributed by atoms with Gasteiger partial charge in [-0.05, 0) is 43.2 Å². The normalized spacial score (nSPS) is 9.87. The third-order valence-electron chi connectivity index (χ3n) is 1.65. The Morgan fingerprint density at radius 2 is 1.78 bits per heavy atom. The van der Waals surface area contributed by atoms with Crippen LogP contribution in [-0.4, -0.2) is 10.2 Å². The number of thiol groups is 1. The monoisotopic (exact) mass is 355 g/mol. The lowest BCUT2D eigenvalue weighted by Gasteiger charge is -2.03. The van der Waals surface area contributed by atoms with E-state index in [9.17, 15) is 4.79 Å². The molecule has 0 bridgehead atoms. The summed E-state index contributed by atoms with van der Waals surface area (Å²) in [5.41, 5.74) is -0.0317. The van der Waals surface area contributed by atoms with Crippen LogP contribution in [0.4, 0.5) is 0 Å². The first-order chi connectivity index (χ1) is 11.0. The number of rotatable bonds is 4. The summed E-state index contributed by atoms with van der Waals surface area (Å²) in [6.45, 7) is 16.1. The van der Waals surface area contributed by atoms with Gasteiger partial charge in [0.15, 0.2) is 0 Å². The number of pyridine rings is 1. The minimum atomic E-state index is -0.0317. The van der Waals surface area contributed by atoms with E-state index in [0.29, 0.717) is 0 Å². The first-order valence-corrected chi connectivity index (χ1v) is 9.44. The van der Waals surface area contributed by atoms with E-state index in [2.05, 4.69) is 40.0 Å². The Morgan fingerprint density at radius 1 is 1.26 bits per heavy atom. The van der Waals surface area contributed by atoms with E-state index in [-0.39, 0.29) is 5.56 Å². The average Bonchev–Trinajstić information content (AvgIpc) is 2.56. The van der Waals surface area contributed by atoms with Gasteiger partial charge in [-0.1, -0.05) is 65.5 Å². The van der Waals surface area contributed by atoms with E-state index in [1.807, 2.05) is 45.1 Å². The van der Waals surface area contributed by atoms with Crippen LogP contribution < -0.4 is 5.56 Å². The third-order valence-corrected chi connectivity index (χ3v) is 2.66. The predicted molar refractivity (Wildman–Crippen MR) is 114 cm³/mol. The van der Waals surface area contributed by atoms with Crippen molar-refractivity contribution in [3.05, 3.63) is 70.5 Å². The summed E-state index contributed by atoms with van der Waals surface area (Å²) >= 11 is 4.88. The summed E-state index contributed by atoms with van der Waals surface area (Å²) in [5.74, 6) is 0.833. The van der Waals surface area contributed by atoms with Crippen LogP contribution in [0.25, 0.3) is 0 Å². The molecule has 0 aliphatic rings. The predicted octanol–water partition coefficient (Wildman–Crippen LogP) is 6.23. The Bertz CT molecular complexity index is 485. The van der Waals surface area contributed by atoms with Crippen molar-refractivity contribution in [2.75, 3.05) is 6.26 Å². The summed E-state index contributed by atoms with van der Waals surface area (Å²) in [7, 11) is 0. The molecule has 0 fully saturated rings. The van der Waals surface area contributed by atoms with E-state index in [1.165, 1.54) is 18.0 Å². The SMILES string of the molecule is C=C/C(=C\C=C/C)Sn1ccccc1=O.CC.CC(C)C.CS. The summed E-state index contributed by atoms with van der Waals surface area (Å²) in [5, 5.41) is 0. The largest absolute Gasteiger partial charge is 0.268 e. The topological polar surface area (TPSA) is 22.0 Å². The van der Waals surface area contributed by atoms with Crippen molar-refractivity contribution in [3.63, 3.8) is 0 Å². The van der Waals surface area contributed by atoms with Gasteiger partial charge in [0.25, 0.3) is 5.56 Å². The van der Waals surface area contributed by atoms with Gasteiger partial charge in [0, 0.05) is 17.2 Å². The van der Waals surface area contributed by atoms with Crippen molar-refractivity contribution < 1.29 is 0 Å². The highest BCUT2D eigenvalue weighted by Gasteiger charge is 1.96. The van der Waals surface area contributed by atoms with Gasteiger partial charge in [-0.25, -0.2) is 0 Å². The zero-order valence-electron chi connectivity index (χ0n) is 15.6. The standard InChI is InChI=1S/C12H13NOS.C4H10.C2H6.CH4S/c1-3-5-8-11(4-2)15-13-10-7-6-9-12(13)14;1-4(2)3;2*1-2/h3-10H,2H2,1H3;4H,1-3H3;1-2H3;2H,1H3/b5-3-,11-8+;;;. The molecule has 4 heteroatoms. The van der Waals surface area contributed by atoms with Crippen molar-refractivity contribution in [2.45, 2.75) is 41.5 Å². The van der Waals surface area contributed by atoms with Gasteiger partial charge in [-0.15, -0.1) is 0 Å². The number of nitrogens with zero attached hydrogens (tertiary/aromatic N) is 1.